The smallest absolute Gasteiger partial charge is 0.145 e. The Labute approximate surface area is 104 Å². The third-order valence-electron chi connectivity index (χ3n) is 2.13. The van der Waals surface area contributed by atoms with Gasteiger partial charge in [-0.15, -0.1) is 0 Å². The topological polar surface area (TPSA) is 36.1 Å². The third-order valence-corrected chi connectivity index (χ3v) is 2.50. The Morgan fingerprint density at radius 3 is 2.76 bits per heavy atom. The van der Waals surface area contributed by atoms with Crippen LogP contribution < -0.4 is 0 Å². The molecule has 0 heterocycles. The number of halogens is 2. The van der Waals surface area contributed by atoms with Gasteiger partial charge in [-0.25, -0.2) is 9.38 Å². The van der Waals surface area contributed by atoms with E-state index >= 15 is 0 Å². The van der Waals surface area contributed by atoms with Gasteiger partial charge in [0.15, 0.2) is 0 Å². The fourth-order valence-corrected chi connectivity index (χ4v) is 1.48. The number of allylic oxidation sites excluding steroid dienone is 2. The van der Waals surface area contributed by atoms with Gasteiger partial charge in [0.2, 0.25) is 0 Å². The van der Waals surface area contributed by atoms with E-state index < -0.39 is 5.82 Å². The van der Waals surface area contributed by atoms with Gasteiger partial charge in [0, 0.05) is 11.8 Å². The molecular formula is C13H10ClFN2. The molecule has 17 heavy (non-hydrogen) atoms. The van der Waals surface area contributed by atoms with Crippen LogP contribution in [0.1, 0.15) is 11.1 Å². The molecular weight excluding hydrogens is 239 g/mol. The van der Waals surface area contributed by atoms with Gasteiger partial charge in [-0.05, 0) is 18.1 Å². The zero-order valence-corrected chi connectivity index (χ0v) is 10.1. The summed E-state index contributed by atoms with van der Waals surface area (Å²) in [5, 5.41) is 8.48. The number of aryl methyl sites for hydroxylation is 1. The van der Waals surface area contributed by atoms with E-state index in [2.05, 4.69) is 18.2 Å². The van der Waals surface area contributed by atoms with E-state index in [9.17, 15) is 4.39 Å². The molecule has 0 N–H and O–H groups in total. The molecule has 0 fully saturated rings. The number of rotatable bonds is 3. The molecule has 1 aromatic rings. The molecule has 0 spiro atoms. The van der Waals surface area contributed by atoms with Crippen LogP contribution >= 0.6 is 11.6 Å². The van der Waals surface area contributed by atoms with E-state index in [1.165, 1.54) is 6.21 Å². The molecule has 1 aromatic carbocycles. The van der Waals surface area contributed by atoms with E-state index in [0.717, 1.165) is 0 Å². The fourth-order valence-electron chi connectivity index (χ4n) is 1.15. The second-order valence-corrected chi connectivity index (χ2v) is 3.78. The van der Waals surface area contributed by atoms with Gasteiger partial charge in [0.25, 0.3) is 0 Å². The molecule has 0 radical (unpaired) electrons. The fraction of sp³-hybridized carbons (Fsp3) is 0.0769. The third kappa shape index (κ3) is 3.02. The monoisotopic (exact) mass is 248 g/mol. The quantitative estimate of drug-likeness (QED) is 0.590. The van der Waals surface area contributed by atoms with Crippen molar-refractivity contribution in [1.29, 1.82) is 5.26 Å². The molecule has 86 valence electrons. The number of aliphatic imine (C=N–C) groups is 1. The lowest BCUT2D eigenvalue weighted by atomic mass is 10.1. The van der Waals surface area contributed by atoms with Crippen molar-refractivity contribution >= 4 is 23.4 Å². The van der Waals surface area contributed by atoms with Crippen molar-refractivity contribution in [3.05, 3.63) is 53.0 Å². The number of hydrogen-bond donors (Lipinski definition) is 0. The van der Waals surface area contributed by atoms with Crippen LogP contribution in [0.3, 0.4) is 0 Å². The van der Waals surface area contributed by atoms with Gasteiger partial charge in [0.1, 0.15) is 17.6 Å². The Kier molecular flexibility index (Phi) is 4.19. The van der Waals surface area contributed by atoms with Crippen molar-refractivity contribution in [2.75, 3.05) is 0 Å². The van der Waals surface area contributed by atoms with E-state index in [1.54, 1.807) is 25.1 Å². The van der Waals surface area contributed by atoms with Crippen molar-refractivity contribution in [3.8, 4) is 6.07 Å². The lowest BCUT2D eigenvalue weighted by Crippen LogP contribution is -1.92. The molecule has 0 aliphatic carbocycles. The minimum atomic E-state index is -0.474. The van der Waals surface area contributed by atoms with Gasteiger partial charge in [-0.2, -0.15) is 5.26 Å². The number of hydrogen-bond acceptors (Lipinski definition) is 2. The predicted molar refractivity (Wildman–Crippen MR) is 68.4 cm³/mol. The van der Waals surface area contributed by atoms with Crippen molar-refractivity contribution in [1.82, 2.24) is 0 Å². The molecule has 0 amide bonds. The zero-order chi connectivity index (χ0) is 13.0. The van der Waals surface area contributed by atoms with Crippen molar-refractivity contribution in [2.24, 2.45) is 4.99 Å². The van der Waals surface area contributed by atoms with Crippen molar-refractivity contribution < 1.29 is 4.39 Å². The normalized spacial score (nSPS) is 10.2. The summed E-state index contributed by atoms with van der Waals surface area (Å²) in [6.45, 7) is 8.72. The molecule has 0 saturated heterocycles. The van der Waals surface area contributed by atoms with Crippen LogP contribution in [0, 0.1) is 24.1 Å². The summed E-state index contributed by atoms with van der Waals surface area (Å²) in [6.07, 6.45) is 1.33. The Bertz CT molecular complexity index is 553. The van der Waals surface area contributed by atoms with Crippen molar-refractivity contribution in [2.45, 2.75) is 6.92 Å². The maximum Gasteiger partial charge on any atom is 0.145 e. The number of nitrogens with zero attached hydrogens (tertiary/aromatic N) is 2. The van der Waals surface area contributed by atoms with Gasteiger partial charge in [-0.3, -0.25) is 0 Å². The van der Waals surface area contributed by atoms with Crippen LogP contribution in [-0.4, -0.2) is 6.21 Å². The van der Waals surface area contributed by atoms with Crippen LogP contribution in [0.5, 0.6) is 0 Å². The van der Waals surface area contributed by atoms with Gasteiger partial charge in [0.05, 0.1) is 5.02 Å². The van der Waals surface area contributed by atoms with E-state index in [0.29, 0.717) is 16.7 Å². The second-order valence-electron chi connectivity index (χ2n) is 3.40. The summed E-state index contributed by atoms with van der Waals surface area (Å²) in [7, 11) is 0. The molecule has 0 bridgehead atoms. The first-order chi connectivity index (χ1) is 7.97. The average molecular weight is 249 g/mol. The largest absolute Gasteiger partial charge is 0.246 e. The lowest BCUT2D eigenvalue weighted by molar-refractivity contribution is 0.618. The van der Waals surface area contributed by atoms with Crippen molar-refractivity contribution in [3.63, 3.8) is 0 Å². The zero-order valence-electron chi connectivity index (χ0n) is 9.30. The van der Waals surface area contributed by atoms with E-state index in [-0.39, 0.29) is 10.7 Å². The predicted octanol–water partition coefficient (Wildman–Crippen LogP) is 3.91. The van der Waals surface area contributed by atoms with E-state index in [1.807, 2.05) is 0 Å². The Morgan fingerprint density at radius 1 is 1.53 bits per heavy atom. The van der Waals surface area contributed by atoms with Gasteiger partial charge < -0.3 is 0 Å². The highest BCUT2D eigenvalue weighted by molar-refractivity contribution is 6.34. The number of nitriles is 1. The van der Waals surface area contributed by atoms with Crippen LogP contribution in [-0.2, 0) is 0 Å². The Balaban J connectivity index is 3.07. The highest BCUT2D eigenvalue weighted by Gasteiger charge is 2.10. The summed E-state index contributed by atoms with van der Waals surface area (Å²) in [5.74, 6) is -0.474. The summed E-state index contributed by atoms with van der Waals surface area (Å²) < 4.78 is 13.5. The maximum atomic E-state index is 13.5. The van der Waals surface area contributed by atoms with Crippen LogP contribution in [0.2, 0.25) is 5.02 Å². The molecule has 2 nitrogen and oxygen atoms in total. The highest BCUT2D eigenvalue weighted by atomic mass is 35.5. The summed E-state index contributed by atoms with van der Waals surface area (Å²) in [5.41, 5.74) is 1.38. The molecule has 4 heteroatoms. The molecule has 0 unspecified atom stereocenters. The van der Waals surface area contributed by atoms with Crippen LogP contribution in [0.25, 0.3) is 5.57 Å². The lowest BCUT2D eigenvalue weighted by Gasteiger charge is -2.06. The molecule has 1 rings (SSSR count). The summed E-state index contributed by atoms with van der Waals surface area (Å²) in [4.78, 5) is 3.75. The SMILES string of the molecule is C=C(C#N)N=CC(=C)c1ccc(C)c(F)c1Cl. The minimum Gasteiger partial charge on any atom is -0.246 e. The second kappa shape index (κ2) is 5.42. The van der Waals surface area contributed by atoms with Gasteiger partial charge in [-0.1, -0.05) is 36.9 Å². The molecule has 0 aromatic heterocycles. The van der Waals surface area contributed by atoms with Crippen LogP contribution in [0.15, 0.2) is 36.0 Å². The molecule has 0 atom stereocenters. The minimum absolute atomic E-state index is 0.00372. The average Bonchev–Trinajstić information content (AvgIpc) is 2.32. The first-order valence-electron chi connectivity index (χ1n) is 4.74. The Morgan fingerprint density at radius 2 is 2.18 bits per heavy atom. The summed E-state index contributed by atoms with van der Waals surface area (Å²) >= 11 is 5.86. The van der Waals surface area contributed by atoms with Gasteiger partial charge >= 0.3 is 0 Å². The standard InChI is InChI=1S/C13H10ClFN2/c1-8-4-5-11(12(14)13(8)15)9(2)7-17-10(3)6-16/h4-5,7H,2-3H2,1H3. The molecule has 0 aliphatic heterocycles. The summed E-state index contributed by atoms with van der Waals surface area (Å²) in [6, 6.07) is 5.03. The van der Waals surface area contributed by atoms with E-state index in [4.69, 9.17) is 16.9 Å². The van der Waals surface area contributed by atoms with Crippen LogP contribution in [0.4, 0.5) is 4.39 Å². The first kappa shape index (κ1) is 13.1. The number of benzene rings is 1. The first-order valence-corrected chi connectivity index (χ1v) is 5.12. The molecule has 0 aliphatic rings. The maximum absolute atomic E-state index is 13.5. The Hall–Kier alpha value is -1.92. The molecule has 0 saturated carbocycles. The highest BCUT2D eigenvalue weighted by Crippen LogP contribution is 2.26.